The fraction of sp³-hybridized carbons (Fsp3) is 0.882. The minimum absolute atomic E-state index is 0. The van der Waals surface area contributed by atoms with E-state index in [-0.39, 0.29) is 36.4 Å². The van der Waals surface area contributed by atoms with Crippen molar-refractivity contribution in [3.05, 3.63) is 0 Å². The molecule has 2 rings (SSSR count). The lowest BCUT2D eigenvalue weighted by molar-refractivity contribution is -0.128. The number of nitrogens with one attached hydrogen (secondary N) is 2. The molecule has 7 nitrogen and oxygen atoms in total. The zero-order valence-electron chi connectivity index (χ0n) is 15.8. The van der Waals surface area contributed by atoms with Gasteiger partial charge in [0, 0.05) is 58.9 Å². The quantitative estimate of drug-likeness (QED) is 0.324. The Morgan fingerprint density at radius 1 is 0.960 bits per heavy atom. The molecule has 0 spiro atoms. The van der Waals surface area contributed by atoms with Gasteiger partial charge >= 0.3 is 0 Å². The summed E-state index contributed by atoms with van der Waals surface area (Å²) in [7, 11) is 0. The van der Waals surface area contributed by atoms with E-state index in [9.17, 15) is 4.79 Å². The van der Waals surface area contributed by atoms with E-state index in [0.29, 0.717) is 0 Å². The Labute approximate surface area is 169 Å². The summed E-state index contributed by atoms with van der Waals surface area (Å²) in [5, 5.41) is 6.58. The van der Waals surface area contributed by atoms with Gasteiger partial charge in [0.1, 0.15) is 6.54 Å². The lowest BCUT2D eigenvalue weighted by Gasteiger charge is -2.34. The van der Waals surface area contributed by atoms with Crippen molar-refractivity contribution in [1.82, 2.24) is 25.3 Å². The number of hydrogen-bond donors (Lipinski definition) is 2. The first-order valence-electron chi connectivity index (χ1n) is 9.47. The standard InChI is InChI=1S/C17H34N6O.HI/c1-3-18-17(20-15-16(24)23-8-5-6-9-23)19-7-10-22-13-11-21(4-2)12-14-22;/h3-15H2,1-2H3,(H2,18,19,20);1H. The van der Waals surface area contributed by atoms with Gasteiger partial charge in [0.15, 0.2) is 5.96 Å². The Morgan fingerprint density at radius 2 is 1.60 bits per heavy atom. The Balaban J connectivity index is 0.00000312. The van der Waals surface area contributed by atoms with Crippen LogP contribution in [0.4, 0.5) is 0 Å². The second-order valence-electron chi connectivity index (χ2n) is 6.49. The molecule has 0 radical (unpaired) electrons. The third kappa shape index (κ3) is 8.08. The predicted molar refractivity (Wildman–Crippen MR) is 114 cm³/mol. The molecule has 25 heavy (non-hydrogen) atoms. The largest absolute Gasteiger partial charge is 0.357 e. The van der Waals surface area contributed by atoms with Gasteiger partial charge in [0.05, 0.1) is 0 Å². The minimum atomic E-state index is 0. The first-order chi connectivity index (χ1) is 11.7. The van der Waals surface area contributed by atoms with Crippen molar-refractivity contribution in [2.24, 2.45) is 4.99 Å². The highest BCUT2D eigenvalue weighted by Crippen LogP contribution is 2.07. The summed E-state index contributed by atoms with van der Waals surface area (Å²) in [5.74, 6) is 0.887. The van der Waals surface area contributed by atoms with Crippen molar-refractivity contribution in [3.8, 4) is 0 Å². The number of guanidine groups is 1. The number of amides is 1. The van der Waals surface area contributed by atoms with E-state index in [4.69, 9.17) is 0 Å². The molecule has 0 saturated carbocycles. The van der Waals surface area contributed by atoms with Gasteiger partial charge in [-0.25, -0.2) is 4.99 Å². The first-order valence-corrected chi connectivity index (χ1v) is 9.47. The van der Waals surface area contributed by atoms with Crippen LogP contribution in [-0.2, 0) is 4.79 Å². The summed E-state index contributed by atoms with van der Waals surface area (Å²) < 4.78 is 0. The second kappa shape index (κ2) is 12.7. The molecular formula is C17H35IN6O. The normalized spacial score (nSPS) is 19.6. The molecule has 0 aromatic rings. The van der Waals surface area contributed by atoms with Crippen LogP contribution < -0.4 is 10.6 Å². The van der Waals surface area contributed by atoms with Crippen LogP contribution in [0.3, 0.4) is 0 Å². The number of hydrogen-bond acceptors (Lipinski definition) is 4. The van der Waals surface area contributed by atoms with Crippen LogP contribution in [-0.4, -0.2) is 98.6 Å². The van der Waals surface area contributed by atoms with Crippen molar-refractivity contribution in [2.45, 2.75) is 26.7 Å². The molecule has 2 heterocycles. The molecule has 146 valence electrons. The highest BCUT2D eigenvalue weighted by molar-refractivity contribution is 14.0. The van der Waals surface area contributed by atoms with Crippen molar-refractivity contribution in [3.63, 3.8) is 0 Å². The highest BCUT2D eigenvalue weighted by Gasteiger charge is 2.17. The number of halogens is 1. The molecular weight excluding hydrogens is 431 g/mol. The third-order valence-electron chi connectivity index (χ3n) is 4.81. The summed E-state index contributed by atoms with van der Waals surface area (Å²) in [6, 6.07) is 0. The molecule has 2 fully saturated rings. The summed E-state index contributed by atoms with van der Waals surface area (Å²) in [5.41, 5.74) is 0. The maximum atomic E-state index is 12.1. The fourth-order valence-corrected chi connectivity index (χ4v) is 3.22. The second-order valence-corrected chi connectivity index (χ2v) is 6.49. The molecule has 0 unspecified atom stereocenters. The van der Waals surface area contributed by atoms with Gasteiger partial charge in [-0.1, -0.05) is 6.92 Å². The van der Waals surface area contributed by atoms with E-state index in [0.717, 1.165) is 84.2 Å². The Kier molecular flexibility index (Phi) is 11.4. The molecule has 2 N–H and O–H groups in total. The van der Waals surface area contributed by atoms with Gasteiger partial charge in [-0.3, -0.25) is 9.69 Å². The maximum Gasteiger partial charge on any atom is 0.244 e. The third-order valence-corrected chi connectivity index (χ3v) is 4.81. The van der Waals surface area contributed by atoms with Crippen LogP contribution >= 0.6 is 24.0 Å². The topological polar surface area (TPSA) is 63.2 Å². The average molecular weight is 466 g/mol. The summed E-state index contributed by atoms with van der Waals surface area (Å²) >= 11 is 0. The highest BCUT2D eigenvalue weighted by atomic mass is 127. The Morgan fingerprint density at radius 3 is 2.20 bits per heavy atom. The van der Waals surface area contributed by atoms with E-state index in [1.165, 1.54) is 0 Å². The maximum absolute atomic E-state index is 12.1. The minimum Gasteiger partial charge on any atom is -0.357 e. The van der Waals surface area contributed by atoms with Gasteiger partial charge in [-0.2, -0.15) is 0 Å². The molecule has 0 aromatic heterocycles. The van der Waals surface area contributed by atoms with Gasteiger partial charge in [-0.05, 0) is 26.3 Å². The lowest BCUT2D eigenvalue weighted by Crippen LogP contribution is -2.49. The van der Waals surface area contributed by atoms with Crippen LogP contribution in [0.5, 0.6) is 0 Å². The summed E-state index contributed by atoms with van der Waals surface area (Å²) in [6.07, 6.45) is 2.25. The Hall–Kier alpha value is -0.610. The monoisotopic (exact) mass is 466 g/mol. The summed E-state index contributed by atoms with van der Waals surface area (Å²) in [6.45, 7) is 14.7. The molecule has 1 amide bonds. The number of carbonyl (C=O) groups excluding carboxylic acids is 1. The van der Waals surface area contributed by atoms with Crippen LogP contribution in [0.25, 0.3) is 0 Å². The van der Waals surface area contributed by atoms with E-state index in [2.05, 4.69) is 32.3 Å². The molecule has 0 aliphatic carbocycles. The number of likely N-dealkylation sites (tertiary alicyclic amines) is 1. The van der Waals surface area contributed by atoms with Crippen LogP contribution in [0.2, 0.25) is 0 Å². The SMILES string of the molecule is CCNC(=NCC(=O)N1CCCC1)NCCN1CCN(CC)CC1.I. The molecule has 8 heteroatoms. The molecule has 0 aromatic carbocycles. The molecule has 0 atom stereocenters. The van der Waals surface area contributed by atoms with Crippen molar-refractivity contribution >= 4 is 35.8 Å². The van der Waals surface area contributed by atoms with Crippen LogP contribution in [0.15, 0.2) is 4.99 Å². The molecule has 2 aliphatic rings. The molecule has 2 aliphatic heterocycles. The van der Waals surface area contributed by atoms with Crippen molar-refractivity contribution in [1.29, 1.82) is 0 Å². The smallest absolute Gasteiger partial charge is 0.244 e. The van der Waals surface area contributed by atoms with Gasteiger partial charge < -0.3 is 20.4 Å². The number of rotatable bonds is 7. The predicted octanol–water partition coefficient (Wildman–Crippen LogP) is 0.419. The first kappa shape index (κ1) is 22.4. The number of nitrogens with zero attached hydrogens (tertiary/aromatic N) is 4. The number of carbonyl (C=O) groups is 1. The summed E-state index contributed by atoms with van der Waals surface area (Å²) in [4.78, 5) is 23.4. The van der Waals surface area contributed by atoms with E-state index in [1.807, 2.05) is 11.8 Å². The van der Waals surface area contributed by atoms with Gasteiger partial charge in [0.2, 0.25) is 5.91 Å². The van der Waals surface area contributed by atoms with Crippen molar-refractivity contribution < 1.29 is 4.79 Å². The Bertz CT molecular complexity index is 406. The fourth-order valence-electron chi connectivity index (χ4n) is 3.22. The number of likely N-dealkylation sites (N-methyl/N-ethyl adjacent to an activating group) is 1. The average Bonchev–Trinajstić information content (AvgIpc) is 3.14. The zero-order valence-corrected chi connectivity index (χ0v) is 18.1. The van der Waals surface area contributed by atoms with Crippen LogP contribution in [0.1, 0.15) is 26.7 Å². The zero-order chi connectivity index (χ0) is 17.2. The lowest BCUT2D eigenvalue weighted by atomic mass is 10.3. The van der Waals surface area contributed by atoms with E-state index >= 15 is 0 Å². The van der Waals surface area contributed by atoms with Crippen molar-refractivity contribution in [2.75, 3.05) is 72.0 Å². The van der Waals surface area contributed by atoms with Gasteiger partial charge in [-0.15, -0.1) is 24.0 Å². The molecule has 2 saturated heterocycles. The molecule has 0 bridgehead atoms. The van der Waals surface area contributed by atoms with Crippen LogP contribution in [0, 0.1) is 0 Å². The van der Waals surface area contributed by atoms with E-state index in [1.54, 1.807) is 0 Å². The van der Waals surface area contributed by atoms with Gasteiger partial charge in [0.25, 0.3) is 0 Å². The number of piperazine rings is 1. The van der Waals surface area contributed by atoms with E-state index < -0.39 is 0 Å². The number of aliphatic imine (C=N–C) groups is 1.